The number of hydrogen-bond donors (Lipinski definition) is 1. The van der Waals surface area contributed by atoms with Gasteiger partial charge >= 0.3 is 0 Å². The van der Waals surface area contributed by atoms with Gasteiger partial charge in [-0.3, -0.25) is 9.69 Å². The van der Waals surface area contributed by atoms with Crippen molar-refractivity contribution in [3.8, 4) is 6.07 Å². The molecular formula is C16H27N5O3S. The van der Waals surface area contributed by atoms with E-state index in [0.717, 1.165) is 19.6 Å². The van der Waals surface area contributed by atoms with E-state index in [4.69, 9.17) is 5.73 Å². The molecule has 0 spiro atoms. The average molecular weight is 369 g/mol. The average Bonchev–Trinajstić information content (AvgIpc) is 2.96. The van der Waals surface area contributed by atoms with Gasteiger partial charge in [-0.1, -0.05) is 0 Å². The van der Waals surface area contributed by atoms with Crippen molar-refractivity contribution in [2.24, 2.45) is 5.73 Å². The van der Waals surface area contributed by atoms with Crippen molar-refractivity contribution in [3.63, 3.8) is 0 Å². The highest BCUT2D eigenvalue weighted by molar-refractivity contribution is 7.91. The molecule has 0 aromatic carbocycles. The van der Waals surface area contributed by atoms with E-state index in [1.807, 2.05) is 17.9 Å². The van der Waals surface area contributed by atoms with Crippen LogP contribution < -0.4 is 5.73 Å². The summed E-state index contributed by atoms with van der Waals surface area (Å²) in [6.45, 7) is 6.49. The number of nitriles is 1. The highest BCUT2D eigenvalue weighted by Gasteiger charge is 2.31. The lowest BCUT2D eigenvalue weighted by Crippen LogP contribution is -2.50. The standard InChI is InChI=1S/C16H27N5O3S/c1-2-20(15-3-10-25(23,24)13-15)12-14(11-18)16(22)21-8-6-19(5-4-17)7-9-21/h12,15H,2-10,13,17H2,1H3/b14-12-. The first-order valence-corrected chi connectivity index (χ1v) is 10.5. The normalized spacial score (nSPS) is 24.1. The minimum absolute atomic E-state index is 0.0680. The third-order valence-electron chi connectivity index (χ3n) is 4.79. The summed E-state index contributed by atoms with van der Waals surface area (Å²) in [7, 11) is -3.01. The van der Waals surface area contributed by atoms with Crippen LogP contribution >= 0.6 is 0 Å². The summed E-state index contributed by atoms with van der Waals surface area (Å²) in [4.78, 5) is 18.3. The van der Waals surface area contributed by atoms with Crippen LogP contribution in [-0.2, 0) is 14.6 Å². The molecule has 0 aromatic rings. The fraction of sp³-hybridized carbons (Fsp3) is 0.750. The van der Waals surface area contributed by atoms with Crippen molar-refractivity contribution in [2.75, 3.05) is 57.3 Å². The quantitative estimate of drug-likeness (QED) is 0.472. The van der Waals surface area contributed by atoms with Crippen molar-refractivity contribution >= 4 is 15.7 Å². The molecule has 0 aromatic heterocycles. The number of nitrogens with zero attached hydrogens (tertiary/aromatic N) is 4. The molecule has 2 heterocycles. The maximum atomic E-state index is 12.6. The molecule has 1 unspecified atom stereocenters. The van der Waals surface area contributed by atoms with E-state index in [9.17, 15) is 18.5 Å². The second-order valence-electron chi connectivity index (χ2n) is 6.46. The molecule has 0 radical (unpaired) electrons. The molecule has 2 N–H and O–H groups in total. The van der Waals surface area contributed by atoms with Gasteiger partial charge in [0.05, 0.1) is 11.5 Å². The summed E-state index contributed by atoms with van der Waals surface area (Å²) in [6, 6.07) is 1.83. The first-order valence-electron chi connectivity index (χ1n) is 8.70. The summed E-state index contributed by atoms with van der Waals surface area (Å²) in [5, 5.41) is 9.42. The van der Waals surface area contributed by atoms with E-state index < -0.39 is 9.84 Å². The predicted octanol–water partition coefficient (Wildman–Crippen LogP) is -0.994. The van der Waals surface area contributed by atoms with Crippen molar-refractivity contribution < 1.29 is 13.2 Å². The highest BCUT2D eigenvalue weighted by atomic mass is 32.2. The number of hydrogen-bond acceptors (Lipinski definition) is 7. The molecule has 0 aliphatic carbocycles. The van der Waals surface area contributed by atoms with Gasteiger partial charge in [0.1, 0.15) is 11.6 Å². The first kappa shape index (κ1) is 19.7. The van der Waals surface area contributed by atoms with Crippen molar-refractivity contribution in [1.29, 1.82) is 5.26 Å². The summed E-state index contributed by atoms with van der Waals surface area (Å²) in [6.07, 6.45) is 2.08. The maximum absolute atomic E-state index is 12.6. The van der Waals surface area contributed by atoms with Crippen LogP contribution in [-0.4, -0.2) is 92.4 Å². The fourth-order valence-corrected chi connectivity index (χ4v) is 5.06. The van der Waals surface area contributed by atoms with Gasteiger partial charge in [0.2, 0.25) is 0 Å². The van der Waals surface area contributed by atoms with Crippen LogP contribution in [0.1, 0.15) is 13.3 Å². The van der Waals surface area contributed by atoms with Crippen molar-refractivity contribution in [1.82, 2.24) is 14.7 Å². The molecule has 1 atom stereocenters. The lowest BCUT2D eigenvalue weighted by molar-refractivity contribution is -0.128. The Morgan fingerprint density at radius 3 is 2.52 bits per heavy atom. The zero-order valence-corrected chi connectivity index (χ0v) is 15.5. The summed E-state index contributed by atoms with van der Waals surface area (Å²) >= 11 is 0. The summed E-state index contributed by atoms with van der Waals surface area (Å²) in [5.74, 6) is -0.0302. The van der Waals surface area contributed by atoms with Crippen LogP contribution in [0.15, 0.2) is 11.8 Å². The fourth-order valence-electron chi connectivity index (χ4n) is 3.32. The first-order chi connectivity index (χ1) is 11.9. The molecule has 1 amide bonds. The van der Waals surface area contributed by atoms with Gasteiger partial charge in [-0.05, 0) is 13.3 Å². The molecule has 140 valence electrons. The van der Waals surface area contributed by atoms with E-state index in [-0.39, 0.29) is 29.0 Å². The molecule has 0 bridgehead atoms. The van der Waals surface area contributed by atoms with Crippen molar-refractivity contribution in [2.45, 2.75) is 19.4 Å². The number of carbonyl (C=O) groups is 1. The topological polar surface area (TPSA) is 111 Å². The zero-order valence-electron chi connectivity index (χ0n) is 14.7. The Bertz CT molecular complexity index is 647. The van der Waals surface area contributed by atoms with Crippen LogP contribution in [0.25, 0.3) is 0 Å². The Hall–Kier alpha value is -1.63. The smallest absolute Gasteiger partial charge is 0.266 e. The van der Waals surface area contributed by atoms with Crippen LogP contribution in [0.2, 0.25) is 0 Å². The van der Waals surface area contributed by atoms with Crippen LogP contribution in [0.4, 0.5) is 0 Å². The van der Waals surface area contributed by atoms with E-state index in [1.165, 1.54) is 0 Å². The molecule has 9 heteroatoms. The van der Waals surface area contributed by atoms with Crippen LogP contribution in [0.3, 0.4) is 0 Å². The monoisotopic (exact) mass is 369 g/mol. The molecule has 2 aliphatic rings. The molecule has 2 fully saturated rings. The number of nitrogens with two attached hydrogens (primary N) is 1. The Labute approximate surface area is 149 Å². The third-order valence-corrected chi connectivity index (χ3v) is 6.54. The van der Waals surface area contributed by atoms with Gasteiger partial charge < -0.3 is 15.5 Å². The molecule has 8 nitrogen and oxygen atoms in total. The van der Waals surface area contributed by atoms with E-state index in [0.29, 0.717) is 32.6 Å². The highest BCUT2D eigenvalue weighted by Crippen LogP contribution is 2.19. The molecule has 2 saturated heterocycles. The number of piperazine rings is 1. The van der Waals surface area contributed by atoms with Crippen LogP contribution in [0.5, 0.6) is 0 Å². The van der Waals surface area contributed by atoms with E-state index in [2.05, 4.69) is 4.90 Å². The lowest BCUT2D eigenvalue weighted by atomic mass is 10.2. The molecular weight excluding hydrogens is 342 g/mol. The minimum Gasteiger partial charge on any atom is -0.372 e. The van der Waals surface area contributed by atoms with Crippen LogP contribution in [0, 0.1) is 11.3 Å². The number of amides is 1. The van der Waals surface area contributed by atoms with Gasteiger partial charge in [-0.25, -0.2) is 8.42 Å². The predicted molar refractivity (Wildman–Crippen MR) is 95.2 cm³/mol. The largest absolute Gasteiger partial charge is 0.372 e. The molecule has 25 heavy (non-hydrogen) atoms. The zero-order chi connectivity index (χ0) is 18.4. The second kappa shape index (κ2) is 8.65. The summed E-state index contributed by atoms with van der Waals surface area (Å²) < 4.78 is 23.4. The molecule has 0 saturated carbocycles. The number of rotatable bonds is 6. The van der Waals surface area contributed by atoms with Gasteiger partial charge in [0.15, 0.2) is 9.84 Å². The van der Waals surface area contributed by atoms with Gasteiger partial charge in [-0.15, -0.1) is 0 Å². The Kier molecular flexibility index (Phi) is 6.81. The number of sulfone groups is 1. The van der Waals surface area contributed by atoms with E-state index >= 15 is 0 Å². The van der Waals surface area contributed by atoms with Gasteiger partial charge in [0, 0.05) is 58.1 Å². The Morgan fingerprint density at radius 2 is 2.04 bits per heavy atom. The molecule has 2 aliphatic heterocycles. The second-order valence-corrected chi connectivity index (χ2v) is 8.69. The molecule has 2 rings (SSSR count). The van der Waals surface area contributed by atoms with E-state index in [1.54, 1.807) is 11.1 Å². The minimum atomic E-state index is -3.01. The Balaban J connectivity index is 2.03. The van der Waals surface area contributed by atoms with Gasteiger partial charge in [-0.2, -0.15) is 5.26 Å². The number of carbonyl (C=O) groups excluding carboxylic acids is 1. The summed E-state index contributed by atoms with van der Waals surface area (Å²) in [5.41, 5.74) is 5.62. The Morgan fingerprint density at radius 1 is 1.36 bits per heavy atom. The lowest BCUT2D eigenvalue weighted by Gasteiger charge is -2.34. The SMILES string of the molecule is CCN(/C=C(/C#N)C(=O)N1CCN(CCN)CC1)C1CCS(=O)(=O)C1. The van der Waals surface area contributed by atoms with Gasteiger partial charge in [0.25, 0.3) is 5.91 Å². The maximum Gasteiger partial charge on any atom is 0.266 e. The van der Waals surface area contributed by atoms with Crippen molar-refractivity contribution in [3.05, 3.63) is 11.8 Å². The third kappa shape index (κ3) is 5.17.